The molecule has 1 aliphatic heterocycles. The third-order valence-corrected chi connectivity index (χ3v) is 5.86. The van der Waals surface area contributed by atoms with Crippen LogP contribution in [0.25, 0.3) is 5.69 Å². The number of hydrogen-bond donors (Lipinski definition) is 2. The van der Waals surface area contributed by atoms with Crippen molar-refractivity contribution in [2.45, 2.75) is 17.4 Å². The topological polar surface area (TPSA) is 119 Å². The van der Waals surface area contributed by atoms with E-state index >= 15 is 0 Å². The Hall–Kier alpha value is -3.66. The number of amides is 1. The first-order valence-electron chi connectivity index (χ1n) is 9.26. The van der Waals surface area contributed by atoms with Gasteiger partial charge >= 0.3 is 5.76 Å². The van der Waals surface area contributed by atoms with E-state index in [1.165, 1.54) is 16.3 Å². The van der Waals surface area contributed by atoms with E-state index in [0.29, 0.717) is 29.5 Å². The maximum atomic E-state index is 12.8. The Morgan fingerprint density at radius 2 is 2.00 bits per heavy atom. The summed E-state index contributed by atoms with van der Waals surface area (Å²) in [5.74, 6) is 0.394. The molecule has 5 rings (SSSR count). The maximum absolute atomic E-state index is 12.8. The van der Waals surface area contributed by atoms with Crippen LogP contribution in [0.3, 0.4) is 0 Å². The molecule has 0 fully saturated rings. The first-order valence-corrected chi connectivity index (χ1v) is 10.2. The van der Waals surface area contributed by atoms with Crippen molar-refractivity contribution in [3.63, 3.8) is 0 Å². The zero-order chi connectivity index (χ0) is 20.5. The van der Waals surface area contributed by atoms with Crippen molar-refractivity contribution in [1.82, 2.24) is 30.2 Å². The molecule has 10 heteroatoms. The van der Waals surface area contributed by atoms with Crippen LogP contribution in [0.5, 0.6) is 0 Å². The zero-order valence-corrected chi connectivity index (χ0v) is 16.4. The summed E-state index contributed by atoms with van der Waals surface area (Å²) in [5.41, 5.74) is 1.74. The predicted molar refractivity (Wildman–Crippen MR) is 109 cm³/mol. The van der Waals surface area contributed by atoms with Gasteiger partial charge in [-0.25, -0.2) is 14.3 Å². The minimum absolute atomic E-state index is 0.0325. The fourth-order valence-corrected chi connectivity index (χ4v) is 4.37. The van der Waals surface area contributed by atoms with Crippen LogP contribution < -0.4 is 11.1 Å². The lowest BCUT2D eigenvalue weighted by Crippen LogP contribution is -2.33. The first-order chi connectivity index (χ1) is 14.7. The van der Waals surface area contributed by atoms with Gasteiger partial charge in [-0.1, -0.05) is 47.6 Å². The molecule has 2 aromatic heterocycles. The van der Waals surface area contributed by atoms with E-state index in [4.69, 9.17) is 4.52 Å². The molecule has 3 heterocycles. The summed E-state index contributed by atoms with van der Waals surface area (Å²) in [5, 5.41) is 13.6. The van der Waals surface area contributed by atoms with Crippen molar-refractivity contribution in [3.05, 3.63) is 88.2 Å². The summed E-state index contributed by atoms with van der Waals surface area (Å²) in [6.07, 6.45) is 0.540. The molecule has 1 amide bonds. The van der Waals surface area contributed by atoms with Crippen LogP contribution in [0.4, 0.5) is 0 Å². The normalized spacial score (nSPS) is 15.1. The minimum atomic E-state index is -0.595. The molecule has 30 heavy (non-hydrogen) atoms. The summed E-state index contributed by atoms with van der Waals surface area (Å²) < 4.78 is 6.27. The maximum Gasteiger partial charge on any atom is 0.446 e. The van der Waals surface area contributed by atoms with E-state index < -0.39 is 17.7 Å². The van der Waals surface area contributed by atoms with Gasteiger partial charge in [0.25, 0.3) is 5.91 Å². The lowest BCUT2D eigenvalue weighted by molar-refractivity contribution is 0.0928. The van der Waals surface area contributed by atoms with Crippen LogP contribution in [0.15, 0.2) is 68.8 Å². The zero-order valence-electron chi connectivity index (χ0n) is 15.6. The fraction of sp³-hybridized carbons (Fsp3) is 0.150. The molecule has 1 aliphatic rings. The quantitative estimate of drug-likeness (QED) is 0.519. The second-order valence-corrected chi connectivity index (χ2v) is 7.78. The molecule has 0 bridgehead atoms. The monoisotopic (exact) mass is 420 g/mol. The highest BCUT2D eigenvalue weighted by Crippen LogP contribution is 2.33. The summed E-state index contributed by atoms with van der Waals surface area (Å²) >= 11 is 1.53. The Morgan fingerprint density at radius 3 is 2.87 bits per heavy atom. The molecular formula is C20H16N6O3S. The van der Waals surface area contributed by atoms with E-state index in [1.807, 2.05) is 54.6 Å². The molecular weight excluding hydrogens is 404 g/mol. The SMILES string of the molecule is O=C(N[C@H]1CSc2ccccc2-n2c1noc2=O)c1n[nH]c(Cc2ccccc2)n1. The molecule has 2 N–H and O–H groups in total. The highest BCUT2D eigenvalue weighted by Gasteiger charge is 2.29. The van der Waals surface area contributed by atoms with Crippen molar-refractivity contribution in [2.75, 3.05) is 5.75 Å². The molecule has 0 unspecified atom stereocenters. The number of nitrogens with one attached hydrogen (secondary N) is 2. The largest absolute Gasteiger partial charge is 0.446 e. The van der Waals surface area contributed by atoms with E-state index in [0.717, 1.165) is 10.5 Å². The summed E-state index contributed by atoms with van der Waals surface area (Å²) in [4.78, 5) is 30.2. The van der Waals surface area contributed by atoms with Gasteiger partial charge in [-0.05, 0) is 17.7 Å². The predicted octanol–water partition coefficient (Wildman–Crippen LogP) is 2.11. The van der Waals surface area contributed by atoms with E-state index in [1.54, 1.807) is 0 Å². The molecule has 0 aliphatic carbocycles. The molecule has 0 saturated heterocycles. The van der Waals surface area contributed by atoms with Gasteiger partial charge in [-0.3, -0.25) is 14.4 Å². The number of thioether (sulfide) groups is 1. The van der Waals surface area contributed by atoms with Gasteiger partial charge in [0, 0.05) is 17.1 Å². The average Bonchev–Trinajstić information content (AvgIpc) is 3.35. The number of benzene rings is 2. The second-order valence-electron chi connectivity index (χ2n) is 6.71. The smallest absolute Gasteiger partial charge is 0.338 e. The molecule has 0 saturated carbocycles. The number of carbonyl (C=O) groups excluding carboxylic acids is 1. The van der Waals surface area contributed by atoms with Gasteiger partial charge in [0.15, 0.2) is 5.82 Å². The van der Waals surface area contributed by atoms with Crippen molar-refractivity contribution >= 4 is 17.7 Å². The number of carbonyl (C=O) groups is 1. The molecule has 4 aromatic rings. The molecule has 1 atom stereocenters. The number of rotatable bonds is 4. The number of para-hydroxylation sites is 1. The lowest BCUT2D eigenvalue weighted by Gasteiger charge is -2.13. The number of aromatic nitrogens is 5. The number of fused-ring (bicyclic) bond motifs is 3. The van der Waals surface area contributed by atoms with Crippen LogP contribution in [-0.2, 0) is 6.42 Å². The van der Waals surface area contributed by atoms with Gasteiger partial charge in [0.2, 0.25) is 5.82 Å². The number of hydrogen-bond acceptors (Lipinski definition) is 7. The summed E-state index contributed by atoms with van der Waals surface area (Å²) in [6.45, 7) is 0. The van der Waals surface area contributed by atoms with Crippen molar-refractivity contribution in [2.24, 2.45) is 0 Å². The van der Waals surface area contributed by atoms with E-state index in [-0.39, 0.29) is 5.82 Å². The summed E-state index contributed by atoms with van der Waals surface area (Å²) in [7, 11) is 0. The second kappa shape index (κ2) is 7.64. The number of nitrogens with zero attached hydrogens (tertiary/aromatic N) is 4. The Morgan fingerprint density at radius 1 is 1.20 bits per heavy atom. The van der Waals surface area contributed by atoms with Gasteiger partial charge < -0.3 is 5.32 Å². The van der Waals surface area contributed by atoms with Crippen molar-refractivity contribution in [1.29, 1.82) is 0 Å². The van der Waals surface area contributed by atoms with E-state index in [9.17, 15) is 9.59 Å². The molecule has 2 aromatic carbocycles. The molecule has 150 valence electrons. The van der Waals surface area contributed by atoms with Gasteiger partial charge in [0.1, 0.15) is 11.9 Å². The average molecular weight is 420 g/mol. The third kappa shape index (κ3) is 3.41. The fourth-order valence-electron chi connectivity index (χ4n) is 3.31. The first kappa shape index (κ1) is 18.4. The Balaban J connectivity index is 1.37. The van der Waals surface area contributed by atoms with Crippen LogP contribution in [0.1, 0.15) is 33.9 Å². The highest BCUT2D eigenvalue weighted by molar-refractivity contribution is 7.99. The van der Waals surface area contributed by atoms with E-state index in [2.05, 4.69) is 25.7 Å². The van der Waals surface area contributed by atoms with Crippen molar-refractivity contribution < 1.29 is 9.32 Å². The Kier molecular flexibility index (Phi) is 4.68. The number of aromatic amines is 1. The van der Waals surface area contributed by atoms with Crippen LogP contribution >= 0.6 is 11.8 Å². The highest BCUT2D eigenvalue weighted by atomic mass is 32.2. The lowest BCUT2D eigenvalue weighted by atomic mass is 10.1. The van der Waals surface area contributed by atoms with Crippen LogP contribution in [0, 0.1) is 0 Å². The Labute approximate surface area is 174 Å². The van der Waals surface area contributed by atoms with Crippen LogP contribution in [0.2, 0.25) is 0 Å². The van der Waals surface area contributed by atoms with Gasteiger partial charge in [-0.15, -0.1) is 16.9 Å². The number of H-pyrrole nitrogens is 1. The third-order valence-electron chi connectivity index (χ3n) is 4.71. The van der Waals surface area contributed by atoms with Crippen molar-refractivity contribution in [3.8, 4) is 5.69 Å². The van der Waals surface area contributed by atoms with Gasteiger partial charge in [-0.2, -0.15) is 0 Å². The molecule has 9 nitrogen and oxygen atoms in total. The van der Waals surface area contributed by atoms with Gasteiger partial charge in [0.05, 0.1) is 5.69 Å². The molecule has 0 radical (unpaired) electrons. The minimum Gasteiger partial charge on any atom is -0.338 e. The standard InChI is InChI=1S/C20H16N6O3S/c27-19(17-22-16(23-24-17)10-12-6-2-1-3-7-12)21-13-11-30-15-9-5-4-8-14(15)26-18(13)25-29-20(26)28/h1-9,13H,10-11H2,(H,21,27)(H,22,23,24)/t13-/m0/s1. The summed E-state index contributed by atoms with van der Waals surface area (Å²) in [6, 6.07) is 16.7. The van der Waals surface area contributed by atoms with Crippen LogP contribution in [-0.4, -0.2) is 36.6 Å². The Bertz CT molecular complexity index is 1260. The molecule has 0 spiro atoms.